The first-order valence-corrected chi connectivity index (χ1v) is 7.01. The average Bonchev–Trinajstić information content (AvgIpc) is 2.87. The van der Waals surface area contributed by atoms with Crippen molar-refractivity contribution in [1.29, 1.82) is 0 Å². The summed E-state index contributed by atoms with van der Waals surface area (Å²) in [6.45, 7) is 1.31. The average molecular weight is 289 g/mol. The summed E-state index contributed by atoms with van der Waals surface area (Å²) in [4.78, 5) is 2.26. The second kappa shape index (κ2) is 5.35. The summed E-state index contributed by atoms with van der Waals surface area (Å²) >= 11 is 6.32. The van der Waals surface area contributed by atoms with E-state index in [0.717, 1.165) is 28.6 Å². The van der Waals surface area contributed by atoms with Crippen molar-refractivity contribution in [3.8, 4) is 5.75 Å². The van der Waals surface area contributed by atoms with Crippen LogP contribution in [0.2, 0.25) is 5.02 Å². The number of nitrogens with two attached hydrogens (primary N) is 1. The third-order valence-corrected chi connectivity index (χ3v) is 4.19. The number of para-hydroxylation sites is 2. The van der Waals surface area contributed by atoms with Gasteiger partial charge in [0.25, 0.3) is 0 Å². The minimum atomic E-state index is 0.139. The maximum atomic E-state index is 6.32. The van der Waals surface area contributed by atoms with Gasteiger partial charge in [0, 0.05) is 18.1 Å². The van der Waals surface area contributed by atoms with Crippen LogP contribution >= 0.6 is 11.6 Å². The van der Waals surface area contributed by atoms with Gasteiger partial charge in [-0.05, 0) is 29.3 Å². The number of methoxy groups -OCH3 is 1. The predicted molar refractivity (Wildman–Crippen MR) is 82.4 cm³/mol. The molecule has 104 valence electrons. The second-order valence-electron chi connectivity index (χ2n) is 4.86. The minimum Gasteiger partial charge on any atom is -0.495 e. The second-order valence-corrected chi connectivity index (χ2v) is 5.27. The van der Waals surface area contributed by atoms with Gasteiger partial charge in [0.15, 0.2) is 0 Å². The summed E-state index contributed by atoms with van der Waals surface area (Å²) in [5, 5.41) is 0.804. The van der Waals surface area contributed by atoms with Crippen LogP contribution in [0.15, 0.2) is 42.5 Å². The Kier molecular flexibility index (Phi) is 3.55. The van der Waals surface area contributed by atoms with Crippen molar-refractivity contribution in [1.82, 2.24) is 0 Å². The highest BCUT2D eigenvalue weighted by Crippen LogP contribution is 2.42. The summed E-state index contributed by atoms with van der Waals surface area (Å²) in [6, 6.07) is 14.2. The van der Waals surface area contributed by atoms with Gasteiger partial charge in [0.1, 0.15) is 5.75 Å². The molecule has 0 spiro atoms. The zero-order chi connectivity index (χ0) is 14.1. The highest BCUT2D eigenvalue weighted by Gasteiger charge is 2.31. The first kappa shape index (κ1) is 13.3. The van der Waals surface area contributed by atoms with Crippen LogP contribution in [0.4, 0.5) is 5.69 Å². The SMILES string of the molecule is COc1ccccc1N1Cc2c(Cl)cccc2C1CN. The van der Waals surface area contributed by atoms with E-state index in [2.05, 4.69) is 17.0 Å². The van der Waals surface area contributed by atoms with Crippen LogP contribution in [-0.4, -0.2) is 13.7 Å². The number of fused-ring (bicyclic) bond motifs is 1. The molecule has 2 N–H and O–H groups in total. The van der Waals surface area contributed by atoms with Gasteiger partial charge in [-0.2, -0.15) is 0 Å². The van der Waals surface area contributed by atoms with Crippen molar-refractivity contribution < 1.29 is 4.74 Å². The van der Waals surface area contributed by atoms with E-state index in [0.29, 0.717) is 6.54 Å². The smallest absolute Gasteiger partial charge is 0.142 e. The number of hydrogen-bond acceptors (Lipinski definition) is 3. The lowest BCUT2D eigenvalue weighted by atomic mass is 10.0. The Balaban J connectivity index is 2.07. The van der Waals surface area contributed by atoms with E-state index in [1.165, 1.54) is 5.56 Å². The zero-order valence-corrected chi connectivity index (χ0v) is 12.1. The molecule has 2 aromatic carbocycles. The maximum Gasteiger partial charge on any atom is 0.142 e. The van der Waals surface area contributed by atoms with Gasteiger partial charge in [0.05, 0.1) is 18.8 Å². The Morgan fingerprint density at radius 2 is 2.05 bits per heavy atom. The lowest BCUT2D eigenvalue weighted by molar-refractivity contribution is 0.413. The van der Waals surface area contributed by atoms with Crippen LogP contribution < -0.4 is 15.4 Å². The summed E-state index contributed by atoms with van der Waals surface area (Å²) < 4.78 is 5.46. The van der Waals surface area contributed by atoms with Crippen LogP contribution in [0.5, 0.6) is 5.75 Å². The molecule has 0 saturated carbocycles. The van der Waals surface area contributed by atoms with Gasteiger partial charge in [0.2, 0.25) is 0 Å². The summed E-state index contributed by atoms with van der Waals surface area (Å²) in [5.74, 6) is 0.856. The monoisotopic (exact) mass is 288 g/mol. The molecule has 0 saturated heterocycles. The van der Waals surface area contributed by atoms with E-state index >= 15 is 0 Å². The third-order valence-electron chi connectivity index (χ3n) is 3.84. The van der Waals surface area contributed by atoms with Crippen molar-refractivity contribution >= 4 is 17.3 Å². The molecular weight excluding hydrogens is 272 g/mol. The number of halogens is 1. The molecule has 0 bridgehead atoms. The van der Waals surface area contributed by atoms with Crippen LogP contribution in [-0.2, 0) is 6.54 Å². The minimum absolute atomic E-state index is 0.139. The molecule has 1 aliphatic rings. The lowest BCUT2D eigenvalue weighted by Crippen LogP contribution is -2.27. The predicted octanol–water partition coefficient (Wildman–Crippen LogP) is 3.37. The van der Waals surface area contributed by atoms with Crippen molar-refractivity contribution in [3.63, 3.8) is 0 Å². The Morgan fingerprint density at radius 1 is 1.25 bits per heavy atom. The Morgan fingerprint density at radius 3 is 2.80 bits per heavy atom. The largest absolute Gasteiger partial charge is 0.495 e. The molecule has 0 radical (unpaired) electrons. The first-order chi connectivity index (χ1) is 9.76. The molecule has 2 aromatic rings. The maximum absolute atomic E-state index is 6.32. The Hall–Kier alpha value is -1.71. The molecule has 3 nitrogen and oxygen atoms in total. The van der Waals surface area contributed by atoms with Crippen molar-refractivity contribution in [2.75, 3.05) is 18.6 Å². The zero-order valence-electron chi connectivity index (χ0n) is 11.3. The Labute approximate surface area is 123 Å². The topological polar surface area (TPSA) is 38.5 Å². The van der Waals surface area contributed by atoms with Gasteiger partial charge >= 0.3 is 0 Å². The fourth-order valence-corrected chi connectivity index (χ4v) is 3.12. The number of nitrogens with zero attached hydrogens (tertiary/aromatic N) is 1. The molecule has 0 aromatic heterocycles. The summed E-state index contributed by atoms with van der Waals surface area (Å²) in [5.41, 5.74) is 9.42. The lowest BCUT2D eigenvalue weighted by Gasteiger charge is -2.27. The van der Waals surface area contributed by atoms with Crippen LogP contribution in [0.3, 0.4) is 0 Å². The van der Waals surface area contributed by atoms with E-state index < -0.39 is 0 Å². The van der Waals surface area contributed by atoms with E-state index in [-0.39, 0.29) is 6.04 Å². The van der Waals surface area contributed by atoms with Crippen LogP contribution in [0.1, 0.15) is 17.2 Å². The van der Waals surface area contributed by atoms with Gasteiger partial charge in [-0.15, -0.1) is 0 Å². The van der Waals surface area contributed by atoms with E-state index in [4.69, 9.17) is 22.1 Å². The van der Waals surface area contributed by atoms with Crippen molar-refractivity contribution in [2.24, 2.45) is 5.73 Å². The normalized spacial score (nSPS) is 17.1. The van der Waals surface area contributed by atoms with Crippen molar-refractivity contribution in [3.05, 3.63) is 58.6 Å². The van der Waals surface area contributed by atoms with Gasteiger partial charge in [-0.3, -0.25) is 0 Å². The van der Waals surface area contributed by atoms with Crippen molar-refractivity contribution in [2.45, 2.75) is 12.6 Å². The molecule has 0 fully saturated rings. The van der Waals surface area contributed by atoms with E-state index in [9.17, 15) is 0 Å². The van der Waals surface area contributed by atoms with E-state index in [1.54, 1.807) is 7.11 Å². The van der Waals surface area contributed by atoms with E-state index in [1.807, 2.05) is 30.3 Å². The Bertz CT molecular complexity index is 630. The highest BCUT2D eigenvalue weighted by molar-refractivity contribution is 6.31. The quantitative estimate of drug-likeness (QED) is 0.941. The number of anilines is 1. The first-order valence-electron chi connectivity index (χ1n) is 6.63. The summed E-state index contributed by atoms with van der Waals surface area (Å²) in [7, 11) is 1.69. The number of hydrogen-bond donors (Lipinski definition) is 1. The molecule has 4 heteroatoms. The molecule has 1 heterocycles. The molecule has 0 amide bonds. The van der Waals surface area contributed by atoms with Crippen LogP contribution in [0.25, 0.3) is 0 Å². The molecule has 1 unspecified atom stereocenters. The van der Waals surface area contributed by atoms with Gasteiger partial charge < -0.3 is 15.4 Å². The van der Waals surface area contributed by atoms with Gasteiger partial charge in [-0.25, -0.2) is 0 Å². The molecule has 0 aliphatic carbocycles. The molecule has 1 aliphatic heterocycles. The number of rotatable bonds is 3. The van der Waals surface area contributed by atoms with Crippen LogP contribution in [0, 0.1) is 0 Å². The summed E-state index contributed by atoms with van der Waals surface area (Å²) in [6.07, 6.45) is 0. The molecule has 20 heavy (non-hydrogen) atoms. The highest BCUT2D eigenvalue weighted by atomic mass is 35.5. The fraction of sp³-hybridized carbons (Fsp3) is 0.250. The standard InChI is InChI=1S/C16H17ClN2O/c1-20-16-8-3-2-7-14(16)19-10-12-11(15(19)9-18)5-4-6-13(12)17/h2-8,15H,9-10,18H2,1H3. The number of ether oxygens (including phenoxy) is 1. The third kappa shape index (κ3) is 2.03. The molecule has 1 atom stereocenters. The molecular formula is C16H17ClN2O. The van der Waals surface area contributed by atoms with Gasteiger partial charge in [-0.1, -0.05) is 35.9 Å². The number of benzene rings is 2. The molecule has 3 rings (SSSR count). The fourth-order valence-electron chi connectivity index (χ4n) is 2.88.